The number of aryl methyl sites for hydroxylation is 1. The van der Waals surface area contributed by atoms with Gasteiger partial charge in [-0.1, -0.05) is 17.7 Å². The van der Waals surface area contributed by atoms with Crippen LogP contribution < -0.4 is 4.74 Å². The molecule has 2 unspecified atom stereocenters. The van der Waals surface area contributed by atoms with Crippen LogP contribution in [0.4, 0.5) is 0 Å². The molecule has 0 bridgehead atoms. The number of rotatable bonds is 2. The van der Waals surface area contributed by atoms with Gasteiger partial charge in [-0.3, -0.25) is 0 Å². The highest BCUT2D eigenvalue weighted by Gasteiger charge is 2.38. The number of ether oxygens (including phenoxy) is 1. The molecule has 0 radical (unpaired) electrons. The standard InChI is InChI=1S/C11H13ClO4S/c1-7-2-3-8(12)10(4-7)16-11-6-17(14,15)5-9(11)13/h2-4,9,11,13H,5-6H2,1H3. The first-order valence-electron chi connectivity index (χ1n) is 5.19. The highest BCUT2D eigenvalue weighted by molar-refractivity contribution is 7.91. The number of hydrogen-bond donors (Lipinski definition) is 1. The Balaban J connectivity index is 2.19. The molecule has 0 saturated carbocycles. The summed E-state index contributed by atoms with van der Waals surface area (Å²) in [5, 5.41) is 10.0. The number of aliphatic hydroxyl groups excluding tert-OH is 1. The predicted molar refractivity (Wildman–Crippen MR) is 65.3 cm³/mol. The Kier molecular flexibility index (Phi) is 3.34. The smallest absolute Gasteiger partial charge is 0.156 e. The molecule has 6 heteroatoms. The molecule has 1 aromatic carbocycles. The van der Waals surface area contributed by atoms with Crippen molar-refractivity contribution < 1.29 is 18.3 Å². The maximum absolute atomic E-state index is 11.3. The molecule has 1 heterocycles. The minimum absolute atomic E-state index is 0.168. The molecule has 0 spiro atoms. The van der Waals surface area contributed by atoms with Gasteiger partial charge in [0.15, 0.2) is 9.84 Å². The second kappa shape index (κ2) is 4.48. The maximum Gasteiger partial charge on any atom is 0.156 e. The van der Waals surface area contributed by atoms with Crippen LogP contribution in [0.1, 0.15) is 5.56 Å². The van der Waals surface area contributed by atoms with E-state index in [4.69, 9.17) is 16.3 Å². The van der Waals surface area contributed by atoms with Gasteiger partial charge < -0.3 is 9.84 Å². The number of sulfone groups is 1. The fourth-order valence-corrected chi connectivity index (χ4v) is 3.60. The topological polar surface area (TPSA) is 63.6 Å². The zero-order chi connectivity index (χ0) is 12.6. The van der Waals surface area contributed by atoms with Crippen molar-refractivity contribution in [2.24, 2.45) is 0 Å². The second-order valence-electron chi connectivity index (χ2n) is 4.23. The van der Waals surface area contributed by atoms with Crippen LogP contribution in [0.2, 0.25) is 5.02 Å². The van der Waals surface area contributed by atoms with E-state index in [1.807, 2.05) is 13.0 Å². The van der Waals surface area contributed by atoms with E-state index < -0.39 is 22.0 Å². The fraction of sp³-hybridized carbons (Fsp3) is 0.455. The minimum Gasteiger partial charge on any atom is -0.485 e. The largest absolute Gasteiger partial charge is 0.485 e. The maximum atomic E-state index is 11.3. The van der Waals surface area contributed by atoms with Crippen molar-refractivity contribution in [2.45, 2.75) is 19.1 Å². The molecule has 1 aromatic rings. The summed E-state index contributed by atoms with van der Waals surface area (Å²) in [5.74, 6) is -0.00711. The Morgan fingerprint density at radius 3 is 2.71 bits per heavy atom. The van der Waals surface area contributed by atoms with Gasteiger partial charge in [-0.2, -0.15) is 0 Å². The molecular formula is C11H13ClO4S. The van der Waals surface area contributed by atoms with Crippen molar-refractivity contribution in [3.05, 3.63) is 28.8 Å². The molecule has 94 valence electrons. The van der Waals surface area contributed by atoms with Crippen molar-refractivity contribution in [3.8, 4) is 5.75 Å². The van der Waals surface area contributed by atoms with Gasteiger partial charge >= 0.3 is 0 Å². The highest BCUT2D eigenvalue weighted by atomic mass is 35.5. The molecule has 2 atom stereocenters. The lowest BCUT2D eigenvalue weighted by molar-refractivity contribution is 0.0738. The molecule has 0 aliphatic carbocycles. The third kappa shape index (κ3) is 2.91. The number of benzene rings is 1. The summed E-state index contributed by atoms with van der Waals surface area (Å²) in [4.78, 5) is 0. The SMILES string of the molecule is Cc1ccc(Cl)c(OC2CS(=O)(=O)CC2O)c1. The van der Waals surface area contributed by atoms with E-state index in [1.165, 1.54) is 0 Å². The average Bonchev–Trinajstić information content (AvgIpc) is 2.46. The molecule has 4 nitrogen and oxygen atoms in total. The van der Waals surface area contributed by atoms with Crippen LogP contribution in [0, 0.1) is 6.92 Å². The summed E-state index contributed by atoms with van der Waals surface area (Å²) in [6, 6.07) is 5.24. The molecular weight excluding hydrogens is 264 g/mol. The Hall–Kier alpha value is -0.780. The zero-order valence-electron chi connectivity index (χ0n) is 9.26. The van der Waals surface area contributed by atoms with E-state index in [-0.39, 0.29) is 11.5 Å². The number of aliphatic hydroxyl groups is 1. The first-order valence-corrected chi connectivity index (χ1v) is 7.38. The van der Waals surface area contributed by atoms with Gasteiger partial charge in [0.1, 0.15) is 18.0 Å². The van der Waals surface area contributed by atoms with Crippen LogP contribution >= 0.6 is 11.6 Å². The van der Waals surface area contributed by atoms with Crippen LogP contribution in [-0.4, -0.2) is 37.2 Å². The van der Waals surface area contributed by atoms with E-state index >= 15 is 0 Å². The molecule has 0 aromatic heterocycles. The van der Waals surface area contributed by atoms with E-state index in [2.05, 4.69) is 0 Å². The summed E-state index contributed by atoms with van der Waals surface area (Å²) in [5.41, 5.74) is 0.958. The number of hydrogen-bond acceptors (Lipinski definition) is 4. The normalized spacial score (nSPS) is 27.0. The van der Waals surface area contributed by atoms with Gasteiger partial charge in [-0.25, -0.2) is 8.42 Å². The first kappa shape index (κ1) is 12.7. The lowest BCUT2D eigenvalue weighted by Crippen LogP contribution is -2.29. The van der Waals surface area contributed by atoms with Gasteiger partial charge in [0.2, 0.25) is 0 Å². The number of halogens is 1. The molecule has 2 rings (SSSR count). The van der Waals surface area contributed by atoms with Gasteiger partial charge in [0, 0.05) is 0 Å². The summed E-state index contributed by atoms with van der Waals surface area (Å²) < 4.78 is 28.1. The van der Waals surface area contributed by atoms with Gasteiger partial charge in [0.25, 0.3) is 0 Å². The van der Waals surface area contributed by atoms with Crippen LogP contribution in [0.3, 0.4) is 0 Å². The van der Waals surface area contributed by atoms with Crippen molar-refractivity contribution in [2.75, 3.05) is 11.5 Å². The molecule has 0 amide bonds. The lowest BCUT2D eigenvalue weighted by atomic mass is 10.2. The summed E-state index contributed by atoms with van der Waals surface area (Å²) >= 11 is 5.94. The molecule has 17 heavy (non-hydrogen) atoms. The van der Waals surface area contributed by atoms with Crippen molar-refractivity contribution in [1.29, 1.82) is 0 Å². The van der Waals surface area contributed by atoms with Crippen LogP contribution in [-0.2, 0) is 9.84 Å². The van der Waals surface area contributed by atoms with Gasteiger partial charge in [0.05, 0.1) is 16.5 Å². The Labute approximate surface area is 105 Å². The summed E-state index contributed by atoms with van der Waals surface area (Å²) in [6.07, 6.45) is -1.73. The van der Waals surface area contributed by atoms with E-state index in [1.54, 1.807) is 12.1 Å². The van der Waals surface area contributed by atoms with Gasteiger partial charge in [-0.05, 0) is 24.6 Å². The highest BCUT2D eigenvalue weighted by Crippen LogP contribution is 2.28. The van der Waals surface area contributed by atoms with Gasteiger partial charge in [-0.15, -0.1) is 0 Å². The predicted octanol–water partition coefficient (Wildman–Crippen LogP) is 1.19. The molecule has 1 saturated heterocycles. The van der Waals surface area contributed by atoms with Crippen molar-refractivity contribution in [1.82, 2.24) is 0 Å². The van der Waals surface area contributed by atoms with Crippen molar-refractivity contribution in [3.63, 3.8) is 0 Å². The third-order valence-electron chi connectivity index (χ3n) is 2.64. The van der Waals surface area contributed by atoms with Crippen LogP contribution in [0.15, 0.2) is 18.2 Å². The Morgan fingerprint density at radius 1 is 1.41 bits per heavy atom. The quantitative estimate of drug-likeness (QED) is 0.881. The zero-order valence-corrected chi connectivity index (χ0v) is 10.8. The van der Waals surface area contributed by atoms with E-state index in [0.29, 0.717) is 10.8 Å². The Bertz CT molecular complexity index is 526. The van der Waals surface area contributed by atoms with Crippen molar-refractivity contribution >= 4 is 21.4 Å². The summed E-state index contributed by atoms with van der Waals surface area (Å²) in [6.45, 7) is 1.88. The summed E-state index contributed by atoms with van der Waals surface area (Å²) in [7, 11) is -3.21. The van der Waals surface area contributed by atoms with E-state index in [0.717, 1.165) is 5.56 Å². The molecule has 1 fully saturated rings. The monoisotopic (exact) mass is 276 g/mol. The van der Waals surface area contributed by atoms with E-state index in [9.17, 15) is 13.5 Å². The fourth-order valence-electron chi connectivity index (χ4n) is 1.77. The molecule has 1 aliphatic rings. The Morgan fingerprint density at radius 2 is 2.12 bits per heavy atom. The third-order valence-corrected chi connectivity index (χ3v) is 4.64. The molecule has 1 N–H and O–H groups in total. The van der Waals surface area contributed by atoms with Crippen LogP contribution in [0.5, 0.6) is 5.75 Å². The lowest BCUT2D eigenvalue weighted by Gasteiger charge is -2.16. The molecule has 1 aliphatic heterocycles. The second-order valence-corrected chi connectivity index (χ2v) is 6.80. The average molecular weight is 277 g/mol. The van der Waals surface area contributed by atoms with Crippen LogP contribution in [0.25, 0.3) is 0 Å². The first-order chi connectivity index (χ1) is 7.87. The minimum atomic E-state index is -3.21.